The minimum atomic E-state index is -0.154. The van der Waals surface area contributed by atoms with Crippen molar-refractivity contribution in [3.05, 3.63) is 10.5 Å². The van der Waals surface area contributed by atoms with Crippen LogP contribution >= 0.6 is 11.8 Å². The van der Waals surface area contributed by atoms with Gasteiger partial charge in [0.15, 0.2) is 5.16 Å². The van der Waals surface area contributed by atoms with E-state index in [1.54, 1.807) is 4.57 Å². The smallest absolute Gasteiger partial charge is 0.300 e. The number of aromatic amines is 1. The molecular formula is C11H19N3O2S. The van der Waals surface area contributed by atoms with Crippen LogP contribution in [0.5, 0.6) is 0 Å². The molecule has 0 saturated carbocycles. The molecule has 0 fully saturated rings. The van der Waals surface area contributed by atoms with Crippen molar-refractivity contribution in [3.63, 3.8) is 0 Å². The van der Waals surface area contributed by atoms with E-state index in [1.165, 1.54) is 11.8 Å². The summed E-state index contributed by atoms with van der Waals surface area (Å²) in [4.78, 5) is 22.5. The Hall–Kier alpha value is -1.04. The summed E-state index contributed by atoms with van der Waals surface area (Å²) < 4.78 is 1.65. The van der Waals surface area contributed by atoms with E-state index in [0.29, 0.717) is 25.2 Å². The molecule has 1 rings (SSSR count). The van der Waals surface area contributed by atoms with E-state index in [-0.39, 0.29) is 5.69 Å². The third kappa shape index (κ3) is 4.38. The van der Waals surface area contributed by atoms with Crippen molar-refractivity contribution >= 4 is 17.5 Å². The molecule has 6 heteroatoms. The van der Waals surface area contributed by atoms with Crippen molar-refractivity contribution in [2.24, 2.45) is 0 Å². The number of ketones is 1. The third-order valence-electron chi connectivity index (χ3n) is 2.40. The second kappa shape index (κ2) is 7.32. The Morgan fingerprint density at radius 3 is 2.88 bits per heavy atom. The van der Waals surface area contributed by atoms with E-state index in [4.69, 9.17) is 0 Å². The van der Waals surface area contributed by atoms with Gasteiger partial charge in [-0.3, -0.25) is 9.36 Å². The minimum absolute atomic E-state index is 0.154. The molecule has 96 valence electrons. The molecule has 0 saturated heterocycles. The number of nitrogens with one attached hydrogen (secondary N) is 1. The molecule has 0 bridgehead atoms. The zero-order chi connectivity index (χ0) is 12.7. The molecule has 5 nitrogen and oxygen atoms in total. The lowest BCUT2D eigenvalue weighted by molar-refractivity contribution is -0.118. The van der Waals surface area contributed by atoms with Crippen LogP contribution in [0.2, 0.25) is 0 Å². The maximum absolute atomic E-state index is 11.4. The van der Waals surface area contributed by atoms with Gasteiger partial charge in [-0.05, 0) is 12.8 Å². The molecule has 1 aromatic heterocycles. The highest BCUT2D eigenvalue weighted by atomic mass is 32.2. The SMILES string of the molecule is CCCn1c(SCCCC(=O)CC)n[nH]c1=O. The van der Waals surface area contributed by atoms with Gasteiger partial charge in [-0.25, -0.2) is 9.89 Å². The Bertz CT molecular complexity index is 411. The Morgan fingerprint density at radius 2 is 2.24 bits per heavy atom. The van der Waals surface area contributed by atoms with Crippen LogP contribution in [0.25, 0.3) is 0 Å². The second-order valence-electron chi connectivity index (χ2n) is 3.81. The van der Waals surface area contributed by atoms with E-state index in [0.717, 1.165) is 23.8 Å². The number of carbonyl (C=O) groups excluding carboxylic acids is 1. The average Bonchev–Trinajstić information content (AvgIpc) is 2.67. The maximum Gasteiger partial charge on any atom is 0.343 e. The highest BCUT2D eigenvalue weighted by Gasteiger charge is 2.07. The molecule has 17 heavy (non-hydrogen) atoms. The van der Waals surface area contributed by atoms with Gasteiger partial charge in [0, 0.05) is 25.1 Å². The van der Waals surface area contributed by atoms with Crippen molar-refractivity contribution in [2.75, 3.05) is 5.75 Å². The van der Waals surface area contributed by atoms with Crippen molar-refractivity contribution in [1.82, 2.24) is 14.8 Å². The van der Waals surface area contributed by atoms with Gasteiger partial charge in [0.05, 0.1) is 0 Å². The summed E-state index contributed by atoms with van der Waals surface area (Å²) in [6.45, 7) is 4.58. The van der Waals surface area contributed by atoms with Crippen molar-refractivity contribution in [2.45, 2.75) is 51.2 Å². The standard InChI is InChI=1S/C11H19N3O2S/c1-3-7-14-10(16)12-13-11(14)17-8-5-6-9(15)4-2/h3-8H2,1-2H3,(H,12,16). The van der Waals surface area contributed by atoms with Gasteiger partial charge in [0.2, 0.25) is 0 Å². The van der Waals surface area contributed by atoms with Gasteiger partial charge in [-0.1, -0.05) is 25.6 Å². The molecular weight excluding hydrogens is 238 g/mol. The lowest BCUT2D eigenvalue weighted by Gasteiger charge is -2.02. The van der Waals surface area contributed by atoms with Gasteiger partial charge in [0.25, 0.3) is 0 Å². The quantitative estimate of drug-likeness (QED) is 0.570. The Morgan fingerprint density at radius 1 is 1.47 bits per heavy atom. The molecule has 1 aromatic rings. The summed E-state index contributed by atoms with van der Waals surface area (Å²) in [6, 6.07) is 0. The van der Waals surface area contributed by atoms with Crippen LogP contribution in [-0.2, 0) is 11.3 Å². The van der Waals surface area contributed by atoms with Crippen molar-refractivity contribution in [1.29, 1.82) is 0 Å². The normalized spacial score (nSPS) is 10.7. The first-order chi connectivity index (χ1) is 8.19. The summed E-state index contributed by atoms with van der Waals surface area (Å²) >= 11 is 1.53. The van der Waals surface area contributed by atoms with Crippen LogP contribution in [0.3, 0.4) is 0 Å². The number of hydrogen-bond acceptors (Lipinski definition) is 4. The van der Waals surface area contributed by atoms with Crippen LogP contribution in [-0.4, -0.2) is 26.3 Å². The first kappa shape index (κ1) is 14.0. The molecule has 1 N–H and O–H groups in total. The van der Waals surface area contributed by atoms with Crippen LogP contribution in [0.1, 0.15) is 39.5 Å². The fourth-order valence-corrected chi connectivity index (χ4v) is 2.36. The zero-order valence-electron chi connectivity index (χ0n) is 10.4. The zero-order valence-corrected chi connectivity index (χ0v) is 11.2. The number of hydrogen-bond donors (Lipinski definition) is 1. The number of nitrogens with zero attached hydrogens (tertiary/aromatic N) is 2. The Kier molecular flexibility index (Phi) is 6.04. The van der Waals surface area contributed by atoms with Crippen molar-refractivity contribution in [3.8, 4) is 0 Å². The highest BCUT2D eigenvalue weighted by Crippen LogP contribution is 2.15. The number of carbonyl (C=O) groups is 1. The minimum Gasteiger partial charge on any atom is -0.300 e. The fourth-order valence-electron chi connectivity index (χ4n) is 1.44. The number of Topliss-reactive ketones (excluding diaryl/α,β-unsaturated/α-hetero) is 1. The van der Waals surface area contributed by atoms with E-state index >= 15 is 0 Å². The molecule has 0 aliphatic carbocycles. The predicted octanol–water partition coefficient (Wildman–Crippen LogP) is 1.83. The predicted molar refractivity (Wildman–Crippen MR) is 68.4 cm³/mol. The number of H-pyrrole nitrogens is 1. The number of rotatable bonds is 8. The largest absolute Gasteiger partial charge is 0.343 e. The molecule has 0 spiro atoms. The van der Waals surface area contributed by atoms with Crippen LogP contribution in [0.15, 0.2) is 9.95 Å². The van der Waals surface area contributed by atoms with Crippen LogP contribution in [0, 0.1) is 0 Å². The molecule has 0 unspecified atom stereocenters. The van der Waals surface area contributed by atoms with E-state index < -0.39 is 0 Å². The van der Waals surface area contributed by atoms with Gasteiger partial charge >= 0.3 is 5.69 Å². The summed E-state index contributed by atoms with van der Waals surface area (Å²) in [5.74, 6) is 1.11. The van der Waals surface area contributed by atoms with E-state index in [2.05, 4.69) is 10.2 Å². The van der Waals surface area contributed by atoms with Crippen molar-refractivity contribution < 1.29 is 4.79 Å². The van der Waals surface area contributed by atoms with Crippen LogP contribution < -0.4 is 5.69 Å². The summed E-state index contributed by atoms with van der Waals surface area (Å²) in [6.07, 6.45) is 2.96. The average molecular weight is 257 g/mol. The molecule has 0 atom stereocenters. The first-order valence-corrected chi connectivity index (χ1v) is 6.97. The lowest BCUT2D eigenvalue weighted by Crippen LogP contribution is -2.17. The third-order valence-corrected chi connectivity index (χ3v) is 3.46. The van der Waals surface area contributed by atoms with Crippen LogP contribution in [0.4, 0.5) is 0 Å². The Labute approximate surface area is 105 Å². The highest BCUT2D eigenvalue weighted by molar-refractivity contribution is 7.99. The van der Waals surface area contributed by atoms with Gasteiger partial charge < -0.3 is 0 Å². The number of thioether (sulfide) groups is 1. The molecule has 1 heterocycles. The monoisotopic (exact) mass is 257 g/mol. The molecule has 0 radical (unpaired) electrons. The summed E-state index contributed by atoms with van der Waals surface area (Å²) in [5, 5.41) is 7.15. The fraction of sp³-hybridized carbons (Fsp3) is 0.727. The van der Waals surface area contributed by atoms with E-state index in [1.807, 2.05) is 13.8 Å². The van der Waals surface area contributed by atoms with Gasteiger partial charge in [-0.15, -0.1) is 5.10 Å². The number of aromatic nitrogens is 3. The summed E-state index contributed by atoms with van der Waals surface area (Å²) in [7, 11) is 0. The van der Waals surface area contributed by atoms with Gasteiger partial charge in [-0.2, -0.15) is 0 Å². The lowest BCUT2D eigenvalue weighted by atomic mass is 10.2. The Balaban J connectivity index is 2.41. The maximum atomic E-state index is 11.4. The molecule has 0 amide bonds. The topological polar surface area (TPSA) is 67.8 Å². The van der Waals surface area contributed by atoms with E-state index in [9.17, 15) is 9.59 Å². The second-order valence-corrected chi connectivity index (χ2v) is 4.87. The molecule has 0 aliphatic rings. The van der Waals surface area contributed by atoms with Gasteiger partial charge in [0.1, 0.15) is 5.78 Å². The summed E-state index contributed by atoms with van der Waals surface area (Å²) in [5.41, 5.74) is -0.154. The molecule has 0 aromatic carbocycles. The molecule has 0 aliphatic heterocycles. The first-order valence-electron chi connectivity index (χ1n) is 5.98.